The summed E-state index contributed by atoms with van der Waals surface area (Å²) in [5.41, 5.74) is 1.45. The molecule has 0 aromatic carbocycles. The first-order valence-electron chi connectivity index (χ1n) is 9.10. The van der Waals surface area contributed by atoms with Crippen LogP contribution in [-0.2, 0) is 0 Å². The van der Waals surface area contributed by atoms with Gasteiger partial charge in [-0.25, -0.2) is 9.97 Å². The van der Waals surface area contributed by atoms with E-state index in [0.29, 0.717) is 11.7 Å². The van der Waals surface area contributed by atoms with Gasteiger partial charge >= 0.3 is 0 Å². The summed E-state index contributed by atoms with van der Waals surface area (Å²) in [6.45, 7) is 6.98. The summed E-state index contributed by atoms with van der Waals surface area (Å²) >= 11 is 0. The number of rotatable bonds is 3. The van der Waals surface area contributed by atoms with Gasteiger partial charge < -0.3 is 9.80 Å². The summed E-state index contributed by atoms with van der Waals surface area (Å²) in [6, 6.07) is 2.21. The minimum Gasteiger partial charge on any atom is -0.341 e. The van der Waals surface area contributed by atoms with Gasteiger partial charge in [-0.15, -0.1) is 0 Å². The van der Waals surface area contributed by atoms with Gasteiger partial charge in [0.1, 0.15) is 5.69 Å². The molecule has 1 atom stereocenters. The fraction of sp³-hybridized carbons (Fsp3) is 0.722. The van der Waals surface area contributed by atoms with E-state index < -0.39 is 0 Å². The van der Waals surface area contributed by atoms with Gasteiger partial charge in [-0.05, 0) is 57.9 Å². The number of carbonyl (C=O) groups is 1. The first-order valence-corrected chi connectivity index (χ1v) is 9.10. The van der Waals surface area contributed by atoms with Gasteiger partial charge in [0.25, 0.3) is 5.91 Å². The predicted molar refractivity (Wildman–Crippen MR) is 91.8 cm³/mol. The molecule has 1 amide bonds. The monoisotopic (exact) mass is 316 g/mol. The third-order valence-electron chi connectivity index (χ3n) is 5.06. The Morgan fingerprint density at radius 3 is 2.61 bits per heavy atom. The molecule has 0 bridgehead atoms. The van der Waals surface area contributed by atoms with Gasteiger partial charge in [0, 0.05) is 31.4 Å². The SMILES string of the molecule is CCC1CCCCN1C(=O)c1cc(C)nc(N2CCCCC2)n1. The topological polar surface area (TPSA) is 49.3 Å². The van der Waals surface area contributed by atoms with Crippen molar-refractivity contribution >= 4 is 11.9 Å². The minimum absolute atomic E-state index is 0.0836. The molecular formula is C18H28N4O. The molecule has 2 saturated heterocycles. The van der Waals surface area contributed by atoms with Gasteiger partial charge in [-0.1, -0.05) is 6.92 Å². The van der Waals surface area contributed by atoms with E-state index in [0.717, 1.165) is 50.5 Å². The fourth-order valence-corrected chi connectivity index (χ4v) is 3.74. The average molecular weight is 316 g/mol. The highest BCUT2D eigenvalue weighted by Gasteiger charge is 2.28. The van der Waals surface area contributed by atoms with Crippen LogP contribution < -0.4 is 4.90 Å². The fourth-order valence-electron chi connectivity index (χ4n) is 3.74. The van der Waals surface area contributed by atoms with Crippen molar-refractivity contribution in [2.24, 2.45) is 0 Å². The first kappa shape index (κ1) is 16.2. The Labute approximate surface area is 139 Å². The summed E-state index contributed by atoms with van der Waals surface area (Å²) in [4.78, 5) is 26.4. The van der Waals surface area contributed by atoms with Crippen LogP contribution in [0.4, 0.5) is 5.95 Å². The van der Waals surface area contributed by atoms with Gasteiger partial charge in [-0.2, -0.15) is 0 Å². The Balaban J connectivity index is 1.83. The largest absolute Gasteiger partial charge is 0.341 e. The molecule has 0 aliphatic carbocycles. The lowest BCUT2D eigenvalue weighted by Gasteiger charge is -2.35. The van der Waals surface area contributed by atoms with Gasteiger partial charge in [0.05, 0.1) is 0 Å². The highest BCUT2D eigenvalue weighted by atomic mass is 16.2. The van der Waals surface area contributed by atoms with Crippen molar-refractivity contribution in [3.63, 3.8) is 0 Å². The summed E-state index contributed by atoms with van der Waals surface area (Å²) in [7, 11) is 0. The van der Waals surface area contributed by atoms with E-state index in [1.807, 2.05) is 17.9 Å². The Morgan fingerprint density at radius 1 is 1.13 bits per heavy atom. The zero-order valence-corrected chi connectivity index (χ0v) is 14.4. The van der Waals surface area contributed by atoms with E-state index in [2.05, 4.69) is 21.8 Å². The van der Waals surface area contributed by atoms with Crippen molar-refractivity contribution in [2.45, 2.75) is 64.8 Å². The number of carbonyl (C=O) groups excluding carboxylic acids is 1. The summed E-state index contributed by atoms with van der Waals surface area (Å²) < 4.78 is 0. The Hall–Kier alpha value is -1.65. The maximum Gasteiger partial charge on any atom is 0.272 e. The molecule has 1 unspecified atom stereocenters. The van der Waals surface area contributed by atoms with Crippen LogP contribution >= 0.6 is 0 Å². The molecule has 2 fully saturated rings. The standard InChI is InChI=1S/C18H28N4O/c1-3-15-9-5-8-12-22(15)17(23)16-13-14(2)19-18(20-16)21-10-6-4-7-11-21/h13,15H,3-12H2,1-2H3. The number of hydrogen-bond acceptors (Lipinski definition) is 4. The summed E-state index contributed by atoms with van der Waals surface area (Å²) in [5.74, 6) is 0.818. The van der Waals surface area contributed by atoms with Crippen LogP contribution in [0.2, 0.25) is 0 Å². The number of amides is 1. The van der Waals surface area contributed by atoms with Gasteiger partial charge in [0.2, 0.25) is 5.95 Å². The normalized spacial score (nSPS) is 22.3. The van der Waals surface area contributed by atoms with Gasteiger partial charge in [-0.3, -0.25) is 4.79 Å². The number of aromatic nitrogens is 2. The van der Waals surface area contributed by atoms with Crippen molar-refractivity contribution in [3.05, 3.63) is 17.5 Å². The molecule has 2 aliphatic heterocycles. The molecule has 0 N–H and O–H groups in total. The van der Waals surface area contributed by atoms with E-state index in [-0.39, 0.29) is 5.91 Å². The van der Waals surface area contributed by atoms with E-state index in [1.54, 1.807) is 0 Å². The summed E-state index contributed by atoms with van der Waals surface area (Å²) in [6.07, 6.45) is 8.12. The van der Waals surface area contributed by atoms with E-state index in [1.165, 1.54) is 25.7 Å². The second-order valence-corrected chi connectivity index (χ2v) is 6.80. The average Bonchev–Trinajstić information content (AvgIpc) is 2.61. The zero-order chi connectivity index (χ0) is 16.2. The van der Waals surface area contributed by atoms with Crippen molar-refractivity contribution < 1.29 is 4.79 Å². The minimum atomic E-state index is 0.0836. The molecule has 1 aromatic rings. The molecule has 0 radical (unpaired) electrons. The lowest BCUT2D eigenvalue weighted by Crippen LogP contribution is -2.44. The number of likely N-dealkylation sites (tertiary alicyclic amines) is 1. The number of anilines is 1. The van der Waals surface area contributed by atoms with E-state index in [9.17, 15) is 4.79 Å². The molecule has 0 spiro atoms. The molecule has 5 nitrogen and oxygen atoms in total. The van der Waals surface area contributed by atoms with Crippen LogP contribution in [0.3, 0.4) is 0 Å². The quantitative estimate of drug-likeness (QED) is 0.859. The lowest BCUT2D eigenvalue weighted by molar-refractivity contribution is 0.0601. The number of nitrogens with zero attached hydrogens (tertiary/aromatic N) is 4. The maximum absolute atomic E-state index is 13.0. The Bertz CT molecular complexity index is 554. The molecule has 0 saturated carbocycles. The second-order valence-electron chi connectivity index (χ2n) is 6.80. The van der Waals surface area contributed by atoms with Crippen LogP contribution in [0, 0.1) is 6.92 Å². The first-order chi connectivity index (χ1) is 11.2. The molecule has 3 rings (SSSR count). The van der Waals surface area contributed by atoms with Crippen molar-refractivity contribution in [2.75, 3.05) is 24.5 Å². The van der Waals surface area contributed by atoms with Crippen LogP contribution in [0.1, 0.15) is 68.1 Å². The highest BCUT2D eigenvalue weighted by molar-refractivity contribution is 5.93. The van der Waals surface area contributed by atoms with Crippen LogP contribution in [0.25, 0.3) is 0 Å². The van der Waals surface area contributed by atoms with Crippen molar-refractivity contribution in [3.8, 4) is 0 Å². The van der Waals surface area contributed by atoms with Crippen LogP contribution in [0.5, 0.6) is 0 Å². The molecule has 2 aliphatic rings. The molecule has 23 heavy (non-hydrogen) atoms. The third kappa shape index (κ3) is 3.65. The van der Waals surface area contributed by atoms with E-state index in [4.69, 9.17) is 0 Å². The van der Waals surface area contributed by atoms with E-state index >= 15 is 0 Å². The molecule has 5 heteroatoms. The van der Waals surface area contributed by atoms with Crippen molar-refractivity contribution in [1.29, 1.82) is 0 Å². The van der Waals surface area contributed by atoms with Crippen molar-refractivity contribution in [1.82, 2.24) is 14.9 Å². The molecule has 3 heterocycles. The Morgan fingerprint density at radius 2 is 1.87 bits per heavy atom. The second kappa shape index (κ2) is 7.28. The molecular weight excluding hydrogens is 288 g/mol. The van der Waals surface area contributed by atoms with Crippen LogP contribution in [-0.4, -0.2) is 46.5 Å². The Kier molecular flexibility index (Phi) is 5.13. The molecule has 126 valence electrons. The molecule has 1 aromatic heterocycles. The third-order valence-corrected chi connectivity index (χ3v) is 5.06. The smallest absolute Gasteiger partial charge is 0.272 e. The maximum atomic E-state index is 13.0. The zero-order valence-electron chi connectivity index (χ0n) is 14.4. The van der Waals surface area contributed by atoms with Gasteiger partial charge in [0.15, 0.2) is 0 Å². The summed E-state index contributed by atoms with van der Waals surface area (Å²) in [5, 5.41) is 0. The number of aryl methyl sites for hydroxylation is 1. The number of hydrogen-bond donors (Lipinski definition) is 0. The highest BCUT2D eigenvalue weighted by Crippen LogP contribution is 2.23. The van der Waals surface area contributed by atoms with Crippen LogP contribution in [0.15, 0.2) is 6.07 Å². The predicted octanol–water partition coefficient (Wildman–Crippen LogP) is 3.18. The lowest BCUT2D eigenvalue weighted by atomic mass is 9.99. The number of piperidine rings is 2.